The summed E-state index contributed by atoms with van der Waals surface area (Å²) < 4.78 is 23.8. The molecule has 9 nitrogen and oxygen atoms in total. The van der Waals surface area contributed by atoms with Gasteiger partial charge in [-0.1, -0.05) is 90.9 Å². The first-order valence-electron chi connectivity index (χ1n) is 14.7. The van der Waals surface area contributed by atoms with Crippen molar-refractivity contribution in [3.8, 4) is 0 Å². The molecule has 0 saturated carbocycles. The fourth-order valence-electron chi connectivity index (χ4n) is 4.31. The highest BCUT2D eigenvalue weighted by Crippen LogP contribution is 2.49. The predicted octanol–water partition coefficient (Wildman–Crippen LogP) is 5.34. The first-order valence-corrected chi connectivity index (χ1v) is 16.2. The van der Waals surface area contributed by atoms with E-state index >= 15 is 0 Å². The van der Waals surface area contributed by atoms with Crippen LogP contribution >= 0.6 is 7.82 Å². The summed E-state index contributed by atoms with van der Waals surface area (Å²) in [5.74, 6) is -1.57. The number of carbonyl (C=O) groups excluding carboxylic acids is 2. The van der Waals surface area contributed by atoms with Gasteiger partial charge in [0.2, 0.25) is 5.60 Å². The zero-order valence-electron chi connectivity index (χ0n) is 24.8. The van der Waals surface area contributed by atoms with Crippen LogP contribution in [-0.2, 0) is 23.2 Å². The number of aliphatic hydroxyl groups excluding tert-OH is 2. The van der Waals surface area contributed by atoms with E-state index in [1.165, 1.54) is 0 Å². The number of aliphatic hydroxyl groups is 2. The van der Waals surface area contributed by atoms with Crippen molar-refractivity contribution < 1.29 is 42.8 Å². The predicted molar refractivity (Wildman–Crippen MR) is 151 cm³/mol. The van der Waals surface area contributed by atoms with Crippen LogP contribution in [0.2, 0.25) is 0 Å². The zero-order chi connectivity index (χ0) is 29.1. The topological polar surface area (TPSA) is 130 Å². The molecule has 10 heteroatoms. The number of rotatable bonds is 26. The molecule has 2 atom stereocenters. The molecule has 0 fully saturated rings. The summed E-state index contributed by atoms with van der Waals surface area (Å²) in [7, 11) is 0.724. The minimum Gasteiger partial charge on any atom is -0.394 e. The van der Waals surface area contributed by atoms with E-state index < -0.39 is 37.7 Å². The molecule has 3 N–H and O–H groups in total. The monoisotopic (exact) mass is 566 g/mol. The third-order valence-electron chi connectivity index (χ3n) is 6.76. The summed E-state index contributed by atoms with van der Waals surface area (Å²) in [5.41, 5.74) is -2.64. The first kappa shape index (κ1) is 37.3. The van der Waals surface area contributed by atoms with Gasteiger partial charge in [-0.05, 0) is 12.8 Å². The largest absolute Gasteiger partial charge is 0.473 e. The molecule has 38 heavy (non-hydrogen) atoms. The van der Waals surface area contributed by atoms with Gasteiger partial charge in [-0.25, -0.2) is 4.57 Å². The Bertz CT molecular complexity index is 665. The average molecular weight is 567 g/mol. The van der Waals surface area contributed by atoms with E-state index in [0.717, 1.165) is 77.0 Å². The van der Waals surface area contributed by atoms with Gasteiger partial charge in [-0.2, -0.15) is 0 Å². The van der Waals surface area contributed by atoms with Crippen molar-refractivity contribution in [1.29, 1.82) is 0 Å². The molecule has 1 unspecified atom stereocenters. The molecule has 0 rings (SSSR count). The number of likely N-dealkylation sites (N-methyl/N-ethyl adjacent to an activating group) is 1. The van der Waals surface area contributed by atoms with E-state index in [1.54, 1.807) is 0 Å². The molecular weight excluding hydrogens is 509 g/mol. The third-order valence-corrected chi connectivity index (χ3v) is 7.79. The Hall–Kier alpha value is -0.670. The molecule has 0 spiro atoms. The number of ketones is 2. The lowest BCUT2D eigenvalue weighted by Gasteiger charge is -2.35. The van der Waals surface area contributed by atoms with Crippen molar-refractivity contribution in [1.82, 2.24) is 0 Å². The molecule has 0 aromatic heterocycles. The van der Waals surface area contributed by atoms with Crippen molar-refractivity contribution in [2.24, 2.45) is 0 Å². The molecule has 226 valence electrons. The Morgan fingerprint density at radius 2 is 1.18 bits per heavy atom. The van der Waals surface area contributed by atoms with Gasteiger partial charge in [-0.3, -0.25) is 18.6 Å². The zero-order valence-corrected chi connectivity index (χ0v) is 25.7. The number of phosphoric ester groups is 1. The lowest BCUT2D eigenvalue weighted by atomic mass is 9.82. The van der Waals surface area contributed by atoms with Crippen molar-refractivity contribution in [3.63, 3.8) is 0 Å². The number of nitrogens with zero attached hydrogens (tertiary/aromatic N) is 1. The molecule has 0 radical (unpaired) electrons. The number of hydrogen-bond acceptors (Lipinski definition) is 7. The average Bonchev–Trinajstić information content (AvgIpc) is 2.84. The van der Waals surface area contributed by atoms with Crippen LogP contribution in [0.5, 0.6) is 0 Å². The van der Waals surface area contributed by atoms with Crippen molar-refractivity contribution in [3.05, 3.63) is 0 Å². The second kappa shape index (κ2) is 20.2. The Morgan fingerprint density at radius 1 is 0.789 bits per heavy atom. The molecular formula is C28H57NO8P+. The van der Waals surface area contributed by atoms with E-state index in [0.29, 0.717) is 23.9 Å². The third kappa shape index (κ3) is 15.8. The maximum absolute atomic E-state index is 13.5. The SMILES string of the molecule is CCCCCCCCCC(=O)C(OP(=O)(O)OCC[N+](C)(C)C)(C(=O)CCCCCCCCC)[C@@H](O)CO. The van der Waals surface area contributed by atoms with Crippen LogP contribution in [0.1, 0.15) is 117 Å². The number of carbonyl (C=O) groups is 2. The van der Waals surface area contributed by atoms with Crippen molar-refractivity contribution in [2.75, 3.05) is 40.9 Å². The lowest BCUT2D eigenvalue weighted by molar-refractivity contribution is -0.870. The van der Waals surface area contributed by atoms with Crippen molar-refractivity contribution in [2.45, 2.75) is 128 Å². The quantitative estimate of drug-likeness (QED) is 0.0554. The van der Waals surface area contributed by atoms with Gasteiger partial charge < -0.3 is 19.6 Å². The van der Waals surface area contributed by atoms with Gasteiger partial charge >= 0.3 is 7.82 Å². The summed E-state index contributed by atoms with van der Waals surface area (Å²) in [6.07, 6.45) is 11.0. The minimum atomic E-state index is -4.91. The van der Waals surface area contributed by atoms with E-state index in [1.807, 2.05) is 21.1 Å². The second-order valence-electron chi connectivity index (χ2n) is 11.4. The lowest BCUT2D eigenvalue weighted by Crippen LogP contribution is -2.58. The van der Waals surface area contributed by atoms with Crippen LogP contribution in [0, 0.1) is 0 Å². The minimum absolute atomic E-state index is 0.105. The van der Waals surface area contributed by atoms with E-state index in [4.69, 9.17) is 9.05 Å². The van der Waals surface area contributed by atoms with Crippen LogP contribution in [0.15, 0.2) is 0 Å². The summed E-state index contributed by atoms with van der Waals surface area (Å²) in [6, 6.07) is 0. The van der Waals surface area contributed by atoms with Gasteiger partial charge in [0.1, 0.15) is 19.3 Å². The highest BCUT2D eigenvalue weighted by atomic mass is 31.2. The molecule has 0 heterocycles. The van der Waals surface area contributed by atoms with Crippen LogP contribution in [0.3, 0.4) is 0 Å². The molecule has 0 bridgehead atoms. The van der Waals surface area contributed by atoms with Gasteiger partial charge in [0, 0.05) is 12.8 Å². The maximum atomic E-state index is 13.5. The first-order chi connectivity index (χ1) is 17.9. The van der Waals surface area contributed by atoms with Crippen molar-refractivity contribution >= 4 is 19.4 Å². The molecule has 0 amide bonds. The normalized spacial score (nSPS) is 14.8. The van der Waals surface area contributed by atoms with Crippen LogP contribution < -0.4 is 0 Å². The molecule has 0 aliphatic heterocycles. The Morgan fingerprint density at radius 3 is 1.55 bits per heavy atom. The summed E-state index contributed by atoms with van der Waals surface area (Å²) in [6.45, 7) is 3.53. The number of unbranched alkanes of at least 4 members (excludes halogenated alkanes) is 12. The summed E-state index contributed by atoms with van der Waals surface area (Å²) >= 11 is 0. The fourth-order valence-corrected chi connectivity index (χ4v) is 5.37. The molecule has 0 aliphatic carbocycles. The number of phosphoric acid groups is 1. The number of quaternary nitrogens is 1. The van der Waals surface area contributed by atoms with E-state index in [2.05, 4.69) is 13.8 Å². The highest BCUT2D eigenvalue weighted by molar-refractivity contribution is 7.47. The van der Waals surface area contributed by atoms with Crippen LogP contribution in [0.25, 0.3) is 0 Å². The highest BCUT2D eigenvalue weighted by Gasteiger charge is 2.55. The van der Waals surface area contributed by atoms with E-state index in [9.17, 15) is 29.3 Å². The molecule has 0 aromatic carbocycles. The number of Topliss-reactive ketones (excluding diaryl/α,β-unsaturated/α-hetero) is 2. The smallest absolute Gasteiger partial charge is 0.394 e. The standard InChI is InChI=1S/C28H56NO8P/c1-6-8-10-12-14-16-18-20-25(31)28(27(33)24-30,26(32)21-19-17-15-13-11-9-7-2)37-38(34,35)36-23-22-29(3,4)5/h27,30,33H,6-24H2,1-5H3/p+1/t27-/m0/s1. The molecule has 0 aliphatic rings. The van der Waals surface area contributed by atoms with Gasteiger partial charge in [0.25, 0.3) is 0 Å². The van der Waals surface area contributed by atoms with Gasteiger partial charge in [-0.15, -0.1) is 0 Å². The van der Waals surface area contributed by atoms with Crippen LogP contribution in [-0.4, -0.2) is 83.8 Å². The van der Waals surface area contributed by atoms with Gasteiger partial charge in [0.05, 0.1) is 27.7 Å². The Labute approximate surface area is 231 Å². The fraction of sp³-hybridized carbons (Fsp3) is 0.929. The Kier molecular flexibility index (Phi) is 19.9. The summed E-state index contributed by atoms with van der Waals surface area (Å²) in [4.78, 5) is 37.4. The second-order valence-corrected chi connectivity index (χ2v) is 12.8. The molecule has 0 aromatic rings. The van der Waals surface area contributed by atoms with Gasteiger partial charge in [0.15, 0.2) is 11.6 Å². The maximum Gasteiger partial charge on any atom is 0.473 e. The van der Waals surface area contributed by atoms with E-state index in [-0.39, 0.29) is 19.4 Å². The Balaban J connectivity index is 5.56. The number of hydrogen-bond donors (Lipinski definition) is 3. The molecule has 0 saturated heterocycles. The summed E-state index contributed by atoms with van der Waals surface area (Å²) in [5, 5.41) is 20.5. The van der Waals surface area contributed by atoms with Crippen LogP contribution in [0.4, 0.5) is 0 Å².